The Morgan fingerprint density at radius 1 is 1.30 bits per heavy atom. The van der Waals surface area contributed by atoms with Gasteiger partial charge in [-0.05, 0) is 48.7 Å². The number of H-pyrrole nitrogens is 1. The Kier molecular flexibility index (Phi) is 4.01. The highest BCUT2D eigenvalue weighted by molar-refractivity contribution is 7.93. The fraction of sp³-hybridized carbons (Fsp3) is 0.222. The Hall–Kier alpha value is -2.45. The van der Waals surface area contributed by atoms with Gasteiger partial charge < -0.3 is 10.1 Å². The van der Waals surface area contributed by atoms with Gasteiger partial charge in [-0.25, -0.2) is 22.6 Å². The van der Waals surface area contributed by atoms with Crippen molar-refractivity contribution in [3.05, 3.63) is 58.9 Å². The molecule has 0 fully saturated rings. The van der Waals surface area contributed by atoms with Crippen LogP contribution in [-0.4, -0.2) is 34.5 Å². The van der Waals surface area contributed by atoms with E-state index in [1.165, 1.54) is 18.3 Å². The SMILES string of the molecule is O=C(O)C(F)(C1Cc2[nH]c3ccc(Cl)cc3c2C1)S(=O)(=O)c1ccccn1. The van der Waals surface area contributed by atoms with Crippen LogP contribution in [0.5, 0.6) is 0 Å². The third-order valence-corrected chi connectivity index (χ3v) is 7.30. The number of hydrogen-bond donors (Lipinski definition) is 2. The number of hydrogen-bond acceptors (Lipinski definition) is 4. The number of benzene rings is 1. The average molecular weight is 409 g/mol. The summed E-state index contributed by atoms with van der Waals surface area (Å²) in [5, 5.41) is 6.68. The van der Waals surface area contributed by atoms with E-state index in [2.05, 4.69) is 9.97 Å². The maximum atomic E-state index is 15.7. The van der Waals surface area contributed by atoms with E-state index in [1.54, 1.807) is 18.2 Å². The largest absolute Gasteiger partial charge is 0.478 e. The zero-order valence-electron chi connectivity index (χ0n) is 13.8. The highest BCUT2D eigenvalue weighted by Gasteiger charge is 2.60. The fourth-order valence-corrected chi connectivity index (χ4v) is 5.45. The van der Waals surface area contributed by atoms with Crippen molar-refractivity contribution in [1.82, 2.24) is 9.97 Å². The number of fused-ring (bicyclic) bond motifs is 3. The predicted molar refractivity (Wildman–Crippen MR) is 97.1 cm³/mol. The summed E-state index contributed by atoms with van der Waals surface area (Å²) in [6.45, 7) is 0. The van der Waals surface area contributed by atoms with Crippen molar-refractivity contribution in [3.8, 4) is 0 Å². The Balaban J connectivity index is 1.80. The number of alkyl halides is 1. The van der Waals surface area contributed by atoms with Crippen molar-refractivity contribution >= 4 is 38.3 Å². The molecule has 1 aliphatic carbocycles. The lowest BCUT2D eigenvalue weighted by Crippen LogP contribution is -2.49. The number of aliphatic carboxylic acids is 1. The normalized spacial score (nSPS) is 19.0. The summed E-state index contributed by atoms with van der Waals surface area (Å²) in [5.74, 6) is -3.32. The third kappa shape index (κ3) is 2.55. The van der Waals surface area contributed by atoms with Crippen LogP contribution in [0.2, 0.25) is 5.02 Å². The molecule has 1 aliphatic rings. The van der Waals surface area contributed by atoms with Crippen LogP contribution in [0.3, 0.4) is 0 Å². The van der Waals surface area contributed by atoms with Gasteiger partial charge in [-0.15, -0.1) is 0 Å². The summed E-state index contributed by atoms with van der Waals surface area (Å²) < 4.78 is 41.4. The summed E-state index contributed by atoms with van der Waals surface area (Å²) >= 11 is 6.02. The highest BCUT2D eigenvalue weighted by atomic mass is 35.5. The molecule has 27 heavy (non-hydrogen) atoms. The minimum absolute atomic E-state index is 0.0372. The minimum atomic E-state index is -4.86. The molecule has 9 heteroatoms. The monoisotopic (exact) mass is 408 g/mol. The molecule has 2 unspecified atom stereocenters. The van der Waals surface area contributed by atoms with E-state index < -0.39 is 31.8 Å². The van der Waals surface area contributed by atoms with Crippen LogP contribution in [0.25, 0.3) is 10.9 Å². The van der Waals surface area contributed by atoms with Crippen LogP contribution in [-0.2, 0) is 27.5 Å². The molecule has 2 heterocycles. The molecule has 0 aliphatic heterocycles. The van der Waals surface area contributed by atoms with Gasteiger partial charge in [-0.1, -0.05) is 17.7 Å². The zero-order valence-corrected chi connectivity index (χ0v) is 15.4. The van der Waals surface area contributed by atoms with Gasteiger partial charge in [-0.2, -0.15) is 0 Å². The molecule has 0 saturated heterocycles. The molecule has 2 aromatic heterocycles. The summed E-state index contributed by atoms with van der Waals surface area (Å²) in [5.41, 5.74) is 2.10. The number of pyridine rings is 1. The van der Waals surface area contributed by atoms with Crippen molar-refractivity contribution in [1.29, 1.82) is 0 Å². The van der Waals surface area contributed by atoms with Gasteiger partial charge in [0.1, 0.15) is 0 Å². The quantitative estimate of drug-likeness (QED) is 0.690. The Morgan fingerprint density at radius 3 is 2.74 bits per heavy atom. The highest BCUT2D eigenvalue weighted by Crippen LogP contribution is 2.44. The maximum Gasteiger partial charge on any atom is 0.358 e. The first kappa shape index (κ1) is 17.9. The topological polar surface area (TPSA) is 100 Å². The molecule has 3 aromatic rings. The van der Waals surface area contributed by atoms with E-state index in [-0.39, 0.29) is 12.8 Å². The van der Waals surface area contributed by atoms with Gasteiger partial charge in [0.25, 0.3) is 0 Å². The molecule has 0 saturated carbocycles. The summed E-state index contributed by atoms with van der Waals surface area (Å²) in [7, 11) is -4.86. The molecule has 0 amide bonds. The molecule has 1 aromatic carbocycles. The van der Waals surface area contributed by atoms with Crippen LogP contribution >= 0.6 is 11.6 Å². The number of carbonyl (C=O) groups is 1. The van der Waals surface area contributed by atoms with Gasteiger partial charge >= 0.3 is 11.0 Å². The zero-order chi connectivity index (χ0) is 19.4. The van der Waals surface area contributed by atoms with Crippen LogP contribution in [0.15, 0.2) is 47.6 Å². The number of carboxylic acid groups (broad SMARTS) is 1. The van der Waals surface area contributed by atoms with E-state index >= 15 is 4.39 Å². The molecule has 140 valence electrons. The van der Waals surface area contributed by atoms with Crippen LogP contribution in [0, 0.1) is 5.92 Å². The van der Waals surface area contributed by atoms with E-state index in [0.29, 0.717) is 16.3 Å². The fourth-order valence-electron chi connectivity index (χ4n) is 3.68. The van der Waals surface area contributed by atoms with Crippen LogP contribution in [0.1, 0.15) is 11.3 Å². The lowest BCUT2D eigenvalue weighted by molar-refractivity contribution is -0.147. The number of rotatable bonds is 4. The molecular weight excluding hydrogens is 395 g/mol. The van der Waals surface area contributed by atoms with Gasteiger partial charge in [0, 0.05) is 33.7 Å². The maximum absolute atomic E-state index is 15.7. The Bertz CT molecular complexity index is 1160. The van der Waals surface area contributed by atoms with E-state index in [9.17, 15) is 18.3 Å². The molecule has 6 nitrogen and oxygen atoms in total. The van der Waals surface area contributed by atoms with Crippen molar-refractivity contribution in [2.24, 2.45) is 5.92 Å². The smallest absolute Gasteiger partial charge is 0.358 e. The number of sulfone groups is 1. The van der Waals surface area contributed by atoms with Gasteiger partial charge in [0.15, 0.2) is 5.03 Å². The molecule has 2 N–H and O–H groups in total. The molecule has 2 atom stereocenters. The van der Waals surface area contributed by atoms with Crippen LogP contribution < -0.4 is 0 Å². The molecule has 0 bridgehead atoms. The number of aromatic amines is 1. The second kappa shape index (κ2) is 6.03. The molecule has 4 rings (SSSR count). The van der Waals surface area contributed by atoms with E-state index in [1.807, 2.05) is 0 Å². The summed E-state index contributed by atoms with van der Waals surface area (Å²) in [4.78, 5) is 18.6. The predicted octanol–water partition coefficient (Wildman–Crippen LogP) is 3.16. The average Bonchev–Trinajstić information content (AvgIpc) is 3.20. The molecule has 0 spiro atoms. The standard InChI is InChI=1S/C18H14ClFN2O4S/c19-11-4-5-14-13(9-11)12-7-10(8-15(12)22-14)18(20,17(23)24)27(25,26)16-3-1-2-6-21-16/h1-6,9-10,22H,7-8H2,(H,23,24). The van der Waals surface area contributed by atoms with Crippen molar-refractivity contribution in [2.75, 3.05) is 0 Å². The second-order valence-corrected chi connectivity index (χ2v) is 8.95. The molecular formula is C18H14ClFN2O4S. The number of nitrogens with one attached hydrogen (secondary N) is 1. The van der Waals surface area contributed by atoms with Crippen molar-refractivity contribution in [2.45, 2.75) is 22.9 Å². The number of carboxylic acids is 1. The first-order valence-electron chi connectivity index (χ1n) is 8.12. The second-order valence-electron chi connectivity index (χ2n) is 6.50. The van der Waals surface area contributed by atoms with Crippen molar-refractivity contribution < 1.29 is 22.7 Å². The number of nitrogens with zero attached hydrogens (tertiary/aromatic N) is 1. The van der Waals surface area contributed by atoms with Gasteiger partial charge in [-0.3, -0.25) is 0 Å². The first-order chi connectivity index (χ1) is 12.7. The van der Waals surface area contributed by atoms with Crippen molar-refractivity contribution in [3.63, 3.8) is 0 Å². The number of aromatic nitrogens is 2. The summed E-state index contributed by atoms with van der Waals surface area (Å²) in [6.07, 6.45) is 1.10. The molecule has 0 radical (unpaired) electrons. The first-order valence-corrected chi connectivity index (χ1v) is 9.98. The van der Waals surface area contributed by atoms with E-state index in [0.717, 1.165) is 17.0 Å². The van der Waals surface area contributed by atoms with Gasteiger partial charge in [0.2, 0.25) is 9.84 Å². The lowest BCUT2D eigenvalue weighted by atomic mass is 9.99. The lowest BCUT2D eigenvalue weighted by Gasteiger charge is -2.26. The third-order valence-electron chi connectivity index (χ3n) is 4.98. The summed E-state index contributed by atoms with van der Waals surface area (Å²) in [6, 6.07) is 9.11. The Labute approximate surface area is 158 Å². The van der Waals surface area contributed by atoms with Gasteiger partial charge in [0.05, 0.1) is 0 Å². The van der Waals surface area contributed by atoms with E-state index in [4.69, 9.17) is 11.6 Å². The number of halogens is 2. The Morgan fingerprint density at radius 2 is 2.07 bits per heavy atom. The minimum Gasteiger partial charge on any atom is -0.478 e. The van der Waals surface area contributed by atoms with Crippen LogP contribution in [0.4, 0.5) is 4.39 Å².